The molecule has 1 aliphatic heterocycles. The Hall–Kier alpha value is -2.72. The number of piperazine rings is 1. The predicted molar refractivity (Wildman–Crippen MR) is 71.8 cm³/mol. The van der Waals surface area contributed by atoms with Crippen LogP contribution in [0.4, 0.5) is 0 Å². The molecule has 0 spiro atoms. The number of carbonyl (C=O) groups is 3. The Balaban J connectivity index is 2.27. The van der Waals surface area contributed by atoms with Gasteiger partial charge < -0.3 is 10.0 Å². The molecule has 2 rings (SSSR count). The van der Waals surface area contributed by atoms with Crippen molar-refractivity contribution in [2.24, 2.45) is 0 Å². The average molecular weight is 287 g/mol. The molecule has 1 aliphatic rings. The van der Waals surface area contributed by atoms with Crippen molar-refractivity contribution in [2.45, 2.75) is 13.0 Å². The second kappa shape index (κ2) is 6.15. The molecule has 1 unspecified atom stereocenters. The topological polar surface area (TPSA) is 99.6 Å². The van der Waals surface area contributed by atoms with E-state index >= 15 is 0 Å². The van der Waals surface area contributed by atoms with Gasteiger partial charge in [0.2, 0.25) is 11.8 Å². The summed E-state index contributed by atoms with van der Waals surface area (Å²) in [7, 11) is 0. The van der Waals surface area contributed by atoms with Crippen LogP contribution in [-0.4, -0.2) is 51.9 Å². The Morgan fingerprint density at radius 2 is 2.29 bits per heavy atom. The van der Waals surface area contributed by atoms with Gasteiger partial charge in [0.05, 0.1) is 5.56 Å². The van der Waals surface area contributed by atoms with E-state index in [0.717, 1.165) is 0 Å². The third-order valence-corrected chi connectivity index (χ3v) is 2.98. The lowest BCUT2D eigenvalue weighted by molar-refractivity contribution is -0.138. The molecule has 108 valence electrons. The molecule has 0 saturated carbocycles. The van der Waals surface area contributed by atoms with Crippen molar-refractivity contribution in [2.75, 3.05) is 13.2 Å². The van der Waals surface area contributed by atoms with E-state index in [9.17, 15) is 14.4 Å². The van der Waals surface area contributed by atoms with Gasteiger partial charge in [-0.05, 0) is 13.0 Å². The van der Waals surface area contributed by atoms with Crippen molar-refractivity contribution in [1.29, 1.82) is 0 Å². The fourth-order valence-electron chi connectivity index (χ4n) is 1.89. The second-order valence-electron chi connectivity index (χ2n) is 4.44. The average Bonchev–Trinajstić information content (AvgIpc) is 2.48. The lowest BCUT2D eigenvalue weighted by Gasteiger charge is -2.31. The number of aliphatic hydroxyl groups excluding tert-OH is 1. The third kappa shape index (κ3) is 3.24. The van der Waals surface area contributed by atoms with Gasteiger partial charge >= 0.3 is 0 Å². The molecule has 0 aliphatic carbocycles. The van der Waals surface area contributed by atoms with Gasteiger partial charge in [0.25, 0.3) is 5.91 Å². The number of aromatic nitrogens is 1. The van der Waals surface area contributed by atoms with E-state index in [2.05, 4.69) is 22.1 Å². The fourth-order valence-corrected chi connectivity index (χ4v) is 1.89. The first-order valence-corrected chi connectivity index (χ1v) is 6.22. The monoisotopic (exact) mass is 287 g/mol. The molecule has 1 aromatic rings. The quantitative estimate of drug-likeness (QED) is 0.505. The highest BCUT2D eigenvalue weighted by Crippen LogP contribution is 2.12. The summed E-state index contributed by atoms with van der Waals surface area (Å²) in [5.41, 5.74) is 0.699. The number of hydrogen-bond acceptors (Lipinski definition) is 5. The van der Waals surface area contributed by atoms with Crippen LogP contribution < -0.4 is 5.32 Å². The molecule has 2 heterocycles. The summed E-state index contributed by atoms with van der Waals surface area (Å²) in [6.07, 6.45) is 2.80. The third-order valence-electron chi connectivity index (χ3n) is 2.98. The van der Waals surface area contributed by atoms with Crippen molar-refractivity contribution in [3.05, 3.63) is 29.6 Å². The number of hydrogen-bond donors (Lipinski definition) is 2. The van der Waals surface area contributed by atoms with Crippen LogP contribution in [-0.2, 0) is 9.59 Å². The van der Waals surface area contributed by atoms with Gasteiger partial charge in [-0.25, -0.2) is 0 Å². The standard InChI is InChI=1S/C14H13N3O4/c1-9-13(20)16-12(19)8-17(9)14(21)11-5-10(3-2-4-18)6-15-7-11/h5-7,9,18H,4,8H2,1H3,(H,16,19,20). The van der Waals surface area contributed by atoms with Crippen LogP contribution in [0.25, 0.3) is 0 Å². The van der Waals surface area contributed by atoms with Gasteiger partial charge in [-0.2, -0.15) is 0 Å². The molecule has 0 radical (unpaired) electrons. The number of carbonyl (C=O) groups excluding carboxylic acids is 3. The van der Waals surface area contributed by atoms with Crippen LogP contribution in [0.2, 0.25) is 0 Å². The Morgan fingerprint density at radius 3 is 3.00 bits per heavy atom. The van der Waals surface area contributed by atoms with Gasteiger partial charge in [0.15, 0.2) is 0 Å². The smallest absolute Gasteiger partial charge is 0.256 e. The number of nitrogens with one attached hydrogen (secondary N) is 1. The van der Waals surface area contributed by atoms with Crippen LogP contribution in [0, 0.1) is 11.8 Å². The van der Waals surface area contributed by atoms with Crippen LogP contribution in [0.15, 0.2) is 18.5 Å². The Morgan fingerprint density at radius 1 is 1.52 bits per heavy atom. The number of aliphatic hydroxyl groups is 1. The largest absolute Gasteiger partial charge is 0.384 e. The maximum absolute atomic E-state index is 12.4. The van der Waals surface area contributed by atoms with Crippen molar-refractivity contribution in [3.8, 4) is 11.8 Å². The van der Waals surface area contributed by atoms with E-state index in [-0.39, 0.29) is 18.7 Å². The molecule has 0 aromatic carbocycles. The Bertz CT molecular complexity index is 660. The summed E-state index contributed by atoms with van der Waals surface area (Å²) >= 11 is 0. The molecule has 1 atom stereocenters. The molecule has 1 fully saturated rings. The van der Waals surface area contributed by atoms with Crippen LogP contribution in [0.5, 0.6) is 0 Å². The van der Waals surface area contributed by atoms with E-state index in [0.29, 0.717) is 5.56 Å². The van der Waals surface area contributed by atoms with Crippen LogP contribution >= 0.6 is 0 Å². The highest BCUT2D eigenvalue weighted by Gasteiger charge is 2.34. The minimum Gasteiger partial charge on any atom is -0.384 e. The van der Waals surface area contributed by atoms with E-state index in [1.807, 2.05) is 0 Å². The zero-order valence-corrected chi connectivity index (χ0v) is 11.3. The summed E-state index contributed by atoms with van der Waals surface area (Å²) in [6.45, 7) is 1.07. The van der Waals surface area contributed by atoms with Crippen molar-refractivity contribution in [3.63, 3.8) is 0 Å². The highest BCUT2D eigenvalue weighted by molar-refractivity contribution is 6.07. The highest BCUT2D eigenvalue weighted by atomic mass is 16.2. The molecule has 2 N–H and O–H groups in total. The maximum Gasteiger partial charge on any atom is 0.256 e. The minimum absolute atomic E-state index is 0.182. The predicted octanol–water partition coefficient (Wildman–Crippen LogP) is -1.09. The molecule has 1 saturated heterocycles. The summed E-state index contributed by atoms with van der Waals surface area (Å²) < 4.78 is 0. The molecule has 3 amide bonds. The number of amides is 3. The van der Waals surface area contributed by atoms with Crippen LogP contribution in [0.1, 0.15) is 22.8 Å². The number of rotatable bonds is 1. The second-order valence-corrected chi connectivity index (χ2v) is 4.44. The van der Waals surface area contributed by atoms with E-state index in [1.165, 1.54) is 23.4 Å². The zero-order valence-electron chi connectivity index (χ0n) is 11.3. The number of nitrogens with zero attached hydrogens (tertiary/aromatic N) is 2. The Kier molecular flexibility index (Phi) is 4.30. The molecule has 0 bridgehead atoms. The molecule has 7 nitrogen and oxygen atoms in total. The zero-order chi connectivity index (χ0) is 15.4. The van der Waals surface area contributed by atoms with Gasteiger partial charge in [-0.15, -0.1) is 0 Å². The lowest BCUT2D eigenvalue weighted by Crippen LogP contribution is -2.58. The fraction of sp³-hybridized carbons (Fsp3) is 0.286. The molecular formula is C14H13N3O4. The molecule has 1 aromatic heterocycles. The summed E-state index contributed by atoms with van der Waals surface area (Å²) in [5.74, 6) is 3.60. The summed E-state index contributed by atoms with van der Waals surface area (Å²) in [6, 6.07) is 0.768. The normalized spacial score (nSPS) is 17.8. The van der Waals surface area contributed by atoms with Gasteiger partial charge in [-0.1, -0.05) is 11.8 Å². The van der Waals surface area contributed by atoms with Gasteiger partial charge in [0, 0.05) is 18.0 Å². The molecular weight excluding hydrogens is 274 g/mol. The summed E-state index contributed by atoms with van der Waals surface area (Å²) in [5, 5.41) is 10.8. The maximum atomic E-state index is 12.4. The minimum atomic E-state index is -0.734. The van der Waals surface area contributed by atoms with Crippen molar-refractivity contribution < 1.29 is 19.5 Å². The first-order valence-electron chi connectivity index (χ1n) is 6.22. The van der Waals surface area contributed by atoms with E-state index in [4.69, 9.17) is 5.11 Å². The first-order chi connectivity index (χ1) is 10.0. The van der Waals surface area contributed by atoms with E-state index < -0.39 is 23.8 Å². The number of imide groups is 1. The SMILES string of the molecule is CC1C(=O)NC(=O)CN1C(=O)c1cncc(C#CCO)c1. The summed E-state index contributed by atoms with van der Waals surface area (Å²) in [4.78, 5) is 40.4. The molecule has 21 heavy (non-hydrogen) atoms. The lowest BCUT2D eigenvalue weighted by atomic mass is 10.1. The number of pyridine rings is 1. The van der Waals surface area contributed by atoms with Gasteiger partial charge in [0.1, 0.15) is 19.2 Å². The van der Waals surface area contributed by atoms with Crippen LogP contribution in [0.3, 0.4) is 0 Å². The van der Waals surface area contributed by atoms with Crippen molar-refractivity contribution >= 4 is 17.7 Å². The Labute approximate surface area is 121 Å². The van der Waals surface area contributed by atoms with Gasteiger partial charge in [-0.3, -0.25) is 24.7 Å². The van der Waals surface area contributed by atoms with Crippen molar-refractivity contribution in [1.82, 2.24) is 15.2 Å². The first kappa shape index (κ1) is 14.7. The van der Waals surface area contributed by atoms with E-state index in [1.54, 1.807) is 6.92 Å². The molecule has 7 heteroatoms.